The standard InChI is InChI=1S/C14H23N/c1-5-11-8-9-12(6-2)13(10-11)14(7-3)15-4/h8-10,14-15H,5-7H2,1-4H3. The molecule has 0 amide bonds. The van der Waals surface area contributed by atoms with Gasteiger partial charge in [0.2, 0.25) is 0 Å². The van der Waals surface area contributed by atoms with Gasteiger partial charge < -0.3 is 5.32 Å². The maximum Gasteiger partial charge on any atom is 0.0317 e. The molecule has 0 saturated heterocycles. The maximum atomic E-state index is 3.39. The van der Waals surface area contributed by atoms with E-state index >= 15 is 0 Å². The van der Waals surface area contributed by atoms with E-state index in [0.717, 1.165) is 19.3 Å². The Labute approximate surface area is 93.9 Å². The van der Waals surface area contributed by atoms with Crippen LogP contribution in [0, 0.1) is 0 Å². The van der Waals surface area contributed by atoms with E-state index < -0.39 is 0 Å². The minimum Gasteiger partial charge on any atom is -0.313 e. The lowest BCUT2D eigenvalue weighted by atomic mass is 9.94. The van der Waals surface area contributed by atoms with E-state index in [4.69, 9.17) is 0 Å². The highest BCUT2D eigenvalue weighted by atomic mass is 14.9. The van der Waals surface area contributed by atoms with Crippen LogP contribution in [0.4, 0.5) is 0 Å². The number of benzene rings is 1. The van der Waals surface area contributed by atoms with Gasteiger partial charge >= 0.3 is 0 Å². The minimum absolute atomic E-state index is 0.506. The van der Waals surface area contributed by atoms with E-state index in [2.05, 4.69) is 44.3 Å². The molecule has 0 fully saturated rings. The summed E-state index contributed by atoms with van der Waals surface area (Å²) in [6.45, 7) is 6.68. The predicted molar refractivity (Wildman–Crippen MR) is 67.3 cm³/mol. The van der Waals surface area contributed by atoms with Crippen LogP contribution in [-0.4, -0.2) is 7.05 Å². The lowest BCUT2D eigenvalue weighted by molar-refractivity contribution is 0.571. The van der Waals surface area contributed by atoms with E-state index in [9.17, 15) is 0 Å². The van der Waals surface area contributed by atoms with E-state index in [1.807, 2.05) is 7.05 Å². The third kappa shape index (κ3) is 2.82. The number of rotatable bonds is 5. The maximum absolute atomic E-state index is 3.39. The molecule has 84 valence electrons. The second-order valence-corrected chi connectivity index (χ2v) is 3.99. The third-order valence-corrected chi connectivity index (χ3v) is 3.13. The number of hydrogen-bond acceptors (Lipinski definition) is 1. The second kappa shape index (κ2) is 5.92. The first kappa shape index (κ1) is 12.3. The van der Waals surface area contributed by atoms with Gasteiger partial charge in [0.25, 0.3) is 0 Å². The lowest BCUT2D eigenvalue weighted by Crippen LogP contribution is -2.17. The minimum atomic E-state index is 0.506. The Kier molecular flexibility index (Phi) is 4.83. The molecular formula is C14H23N. The van der Waals surface area contributed by atoms with Gasteiger partial charge in [-0.3, -0.25) is 0 Å². The summed E-state index contributed by atoms with van der Waals surface area (Å²) in [6.07, 6.45) is 3.39. The number of nitrogens with one attached hydrogen (secondary N) is 1. The van der Waals surface area contributed by atoms with Crippen LogP contribution < -0.4 is 5.32 Å². The molecule has 1 N–H and O–H groups in total. The molecule has 1 nitrogen and oxygen atoms in total. The smallest absolute Gasteiger partial charge is 0.0317 e. The van der Waals surface area contributed by atoms with Crippen LogP contribution in [0.5, 0.6) is 0 Å². The molecular weight excluding hydrogens is 182 g/mol. The highest BCUT2D eigenvalue weighted by Crippen LogP contribution is 2.23. The van der Waals surface area contributed by atoms with Gasteiger partial charge in [0.15, 0.2) is 0 Å². The Bertz CT molecular complexity index is 300. The first-order valence-electron chi connectivity index (χ1n) is 6.05. The summed E-state index contributed by atoms with van der Waals surface area (Å²) in [6, 6.07) is 7.41. The van der Waals surface area contributed by atoms with Gasteiger partial charge in [-0.1, -0.05) is 39.0 Å². The van der Waals surface area contributed by atoms with Gasteiger partial charge in [-0.2, -0.15) is 0 Å². The van der Waals surface area contributed by atoms with Crippen LogP contribution in [0.25, 0.3) is 0 Å². The third-order valence-electron chi connectivity index (χ3n) is 3.13. The summed E-state index contributed by atoms with van der Waals surface area (Å²) in [5.74, 6) is 0. The van der Waals surface area contributed by atoms with Gasteiger partial charge in [0, 0.05) is 6.04 Å². The Morgan fingerprint density at radius 2 is 1.87 bits per heavy atom. The van der Waals surface area contributed by atoms with Crippen LogP contribution in [0.15, 0.2) is 18.2 Å². The van der Waals surface area contributed by atoms with E-state index in [1.165, 1.54) is 16.7 Å². The Hall–Kier alpha value is -0.820. The highest BCUT2D eigenvalue weighted by molar-refractivity contribution is 5.34. The normalized spacial score (nSPS) is 12.8. The molecule has 1 heteroatoms. The van der Waals surface area contributed by atoms with Gasteiger partial charge in [-0.05, 0) is 43.0 Å². The molecule has 1 unspecified atom stereocenters. The van der Waals surface area contributed by atoms with Gasteiger partial charge in [-0.15, -0.1) is 0 Å². The number of aryl methyl sites for hydroxylation is 2. The monoisotopic (exact) mass is 205 g/mol. The summed E-state index contributed by atoms with van der Waals surface area (Å²) in [5, 5.41) is 3.39. The van der Waals surface area contributed by atoms with Crippen molar-refractivity contribution < 1.29 is 0 Å². The molecule has 1 rings (SSSR count). The highest BCUT2D eigenvalue weighted by Gasteiger charge is 2.10. The molecule has 1 atom stereocenters. The first-order valence-corrected chi connectivity index (χ1v) is 6.05. The zero-order valence-electron chi connectivity index (χ0n) is 10.4. The van der Waals surface area contributed by atoms with E-state index in [1.54, 1.807) is 0 Å². The van der Waals surface area contributed by atoms with Crippen molar-refractivity contribution in [3.05, 3.63) is 34.9 Å². The van der Waals surface area contributed by atoms with Crippen molar-refractivity contribution in [2.24, 2.45) is 0 Å². The molecule has 0 spiro atoms. The topological polar surface area (TPSA) is 12.0 Å². The molecule has 1 aromatic rings. The Balaban J connectivity index is 3.09. The summed E-state index contributed by atoms with van der Waals surface area (Å²) in [7, 11) is 2.05. The summed E-state index contributed by atoms with van der Waals surface area (Å²) in [5.41, 5.74) is 4.41. The largest absolute Gasteiger partial charge is 0.313 e. The Morgan fingerprint density at radius 1 is 1.13 bits per heavy atom. The predicted octanol–water partition coefficient (Wildman–Crippen LogP) is 3.48. The van der Waals surface area contributed by atoms with Crippen LogP contribution in [0.3, 0.4) is 0 Å². The molecule has 15 heavy (non-hydrogen) atoms. The van der Waals surface area contributed by atoms with Crippen LogP contribution in [0.1, 0.15) is 49.9 Å². The quantitative estimate of drug-likeness (QED) is 0.776. The van der Waals surface area contributed by atoms with Crippen molar-refractivity contribution >= 4 is 0 Å². The summed E-state index contributed by atoms with van der Waals surface area (Å²) >= 11 is 0. The van der Waals surface area contributed by atoms with Crippen LogP contribution >= 0.6 is 0 Å². The molecule has 0 heterocycles. The molecule has 1 aromatic carbocycles. The van der Waals surface area contributed by atoms with Crippen molar-refractivity contribution in [1.82, 2.24) is 5.32 Å². The second-order valence-electron chi connectivity index (χ2n) is 3.99. The molecule has 0 radical (unpaired) electrons. The zero-order chi connectivity index (χ0) is 11.3. The SMILES string of the molecule is CCc1ccc(CC)c(C(CC)NC)c1. The van der Waals surface area contributed by atoms with Gasteiger partial charge in [0.05, 0.1) is 0 Å². The summed E-state index contributed by atoms with van der Waals surface area (Å²) < 4.78 is 0. The number of hydrogen-bond donors (Lipinski definition) is 1. The Morgan fingerprint density at radius 3 is 2.33 bits per heavy atom. The molecule has 0 saturated carbocycles. The average Bonchev–Trinajstić information content (AvgIpc) is 2.30. The molecule has 0 aromatic heterocycles. The fourth-order valence-electron chi connectivity index (χ4n) is 2.09. The van der Waals surface area contributed by atoms with Crippen molar-refractivity contribution in [2.75, 3.05) is 7.05 Å². The molecule has 0 aliphatic carbocycles. The van der Waals surface area contributed by atoms with Crippen LogP contribution in [-0.2, 0) is 12.8 Å². The van der Waals surface area contributed by atoms with Crippen molar-refractivity contribution in [2.45, 2.75) is 46.1 Å². The fourth-order valence-corrected chi connectivity index (χ4v) is 2.09. The molecule has 0 bridgehead atoms. The first-order chi connectivity index (χ1) is 7.26. The van der Waals surface area contributed by atoms with E-state index in [-0.39, 0.29) is 0 Å². The van der Waals surface area contributed by atoms with E-state index in [0.29, 0.717) is 6.04 Å². The fraction of sp³-hybridized carbons (Fsp3) is 0.571. The lowest BCUT2D eigenvalue weighted by Gasteiger charge is -2.19. The van der Waals surface area contributed by atoms with Crippen molar-refractivity contribution in [3.63, 3.8) is 0 Å². The average molecular weight is 205 g/mol. The van der Waals surface area contributed by atoms with Gasteiger partial charge in [0.1, 0.15) is 0 Å². The molecule has 0 aliphatic heterocycles. The van der Waals surface area contributed by atoms with Crippen LogP contribution in [0.2, 0.25) is 0 Å². The summed E-state index contributed by atoms with van der Waals surface area (Å²) in [4.78, 5) is 0. The van der Waals surface area contributed by atoms with Gasteiger partial charge in [-0.25, -0.2) is 0 Å². The van der Waals surface area contributed by atoms with Crippen molar-refractivity contribution in [1.29, 1.82) is 0 Å². The molecule has 0 aliphatic rings. The van der Waals surface area contributed by atoms with Crippen molar-refractivity contribution in [3.8, 4) is 0 Å². The zero-order valence-corrected chi connectivity index (χ0v) is 10.4.